The van der Waals surface area contributed by atoms with Crippen LogP contribution in [0.1, 0.15) is 32.0 Å². The van der Waals surface area contributed by atoms with Crippen molar-refractivity contribution in [2.24, 2.45) is 11.1 Å². The summed E-state index contributed by atoms with van der Waals surface area (Å²) in [5.74, 6) is 0.0389. The fraction of sp³-hybridized carbons (Fsp3) is 0.571. The van der Waals surface area contributed by atoms with Gasteiger partial charge in [0.2, 0.25) is 5.91 Å². The van der Waals surface area contributed by atoms with E-state index in [0.717, 1.165) is 17.7 Å². The summed E-state index contributed by atoms with van der Waals surface area (Å²) >= 11 is 0. The maximum atomic E-state index is 12.3. The first-order chi connectivity index (χ1) is 8.39. The van der Waals surface area contributed by atoms with Gasteiger partial charge in [-0.1, -0.05) is 26.8 Å². The Morgan fingerprint density at radius 1 is 1.50 bits per heavy atom. The smallest absolute Gasteiger partial charge is 0.240 e. The Balaban J connectivity index is 2.12. The molecule has 0 aromatic carbocycles. The third-order valence-corrected chi connectivity index (χ3v) is 3.47. The second kappa shape index (κ2) is 4.69. The van der Waals surface area contributed by atoms with E-state index in [1.807, 2.05) is 37.8 Å². The standard InChI is InChI=1S/C14H21N3O/c1-14(2,3)12(15)13(18)17-8-6-11-10(9-17)5-4-7-16-11/h4-5,7,12H,6,8-9,15H2,1-3H3. The molecule has 0 fully saturated rings. The minimum absolute atomic E-state index is 0.0389. The highest BCUT2D eigenvalue weighted by Gasteiger charge is 2.32. The van der Waals surface area contributed by atoms with Crippen molar-refractivity contribution in [3.05, 3.63) is 29.6 Å². The molecule has 1 aliphatic heterocycles. The van der Waals surface area contributed by atoms with Gasteiger partial charge >= 0.3 is 0 Å². The SMILES string of the molecule is CC(C)(C)C(N)C(=O)N1CCc2ncccc2C1. The molecule has 0 saturated heterocycles. The number of rotatable bonds is 1. The van der Waals surface area contributed by atoms with Crippen molar-refractivity contribution in [2.75, 3.05) is 6.54 Å². The highest BCUT2D eigenvalue weighted by atomic mass is 16.2. The summed E-state index contributed by atoms with van der Waals surface area (Å²) in [7, 11) is 0. The molecule has 1 unspecified atom stereocenters. The average Bonchev–Trinajstić information content (AvgIpc) is 2.35. The van der Waals surface area contributed by atoms with Crippen LogP contribution in [0.4, 0.5) is 0 Å². The first-order valence-electron chi connectivity index (χ1n) is 6.37. The molecule has 2 rings (SSSR count). The summed E-state index contributed by atoms with van der Waals surface area (Å²) in [5, 5.41) is 0. The number of carbonyl (C=O) groups excluding carboxylic acids is 1. The van der Waals surface area contributed by atoms with E-state index in [-0.39, 0.29) is 11.3 Å². The molecule has 98 valence electrons. The second-order valence-electron chi connectivity index (χ2n) is 5.96. The van der Waals surface area contributed by atoms with Crippen molar-refractivity contribution >= 4 is 5.91 Å². The number of fused-ring (bicyclic) bond motifs is 1. The third kappa shape index (κ3) is 2.53. The van der Waals surface area contributed by atoms with E-state index in [1.165, 1.54) is 0 Å². The van der Waals surface area contributed by atoms with Gasteiger partial charge in [-0.2, -0.15) is 0 Å². The Morgan fingerprint density at radius 2 is 2.22 bits per heavy atom. The molecule has 0 spiro atoms. The highest BCUT2D eigenvalue weighted by molar-refractivity contribution is 5.82. The van der Waals surface area contributed by atoms with Crippen molar-refractivity contribution in [1.82, 2.24) is 9.88 Å². The number of amides is 1. The lowest BCUT2D eigenvalue weighted by Crippen LogP contribution is -2.51. The topological polar surface area (TPSA) is 59.2 Å². The van der Waals surface area contributed by atoms with Gasteiger partial charge < -0.3 is 10.6 Å². The van der Waals surface area contributed by atoms with Crippen LogP contribution in [0.2, 0.25) is 0 Å². The van der Waals surface area contributed by atoms with Gasteiger partial charge in [0.15, 0.2) is 0 Å². The molecule has 1 amide bonds. The van der Waals surface area contributed by atoms with Crippen LogP contribution >= 0.6 is 0 Å². The fourth-order valence-corrected chi connectivity index (χ4v) is 2.12. The van der Waals surface area contributed by atoms with E-state index in [4.69, 9.17) is 5.73 Å². The molecule has 1 aromatic rings. The number of nitrogens with zero attached hydrogens (tertiary/aromatic N) is 2. The van der Waals surface area contributed by atoms with Crippen molar-refractivity contribution in [2.45, 2.75) is 39.8 Å². The van der Waals surface area contributed by atoms with Crippen molar-refractivity contribution in [3.8, 4) is 0 Å². The molecule has 1 aliphatic rings. The van der Waals surface area contributed by atoms with Crippen LogP contribution < -0.4 is 5.73 Å². The molecule has 1 aromatic heterocycles. The number of hydrogen-bond acceptors (Lipinski definition) is 3. The van der Waals surface area contributed by atoms with Gasteiger partial charge in [-0.05, 0) is 17.0 Å². The molecule has 2 heterocycles. The zero-order valence-electron chi connectivity index (χ0n) is 11.3. The molecule has 0 aliphatic carbocycles. The Morgan fingerprint density at radius 3 is 2.89 bits per heavy atom. The zero-order chi connectivity index (χ0) is 13.3. The summed E-state index contributed by atoms with van der Waals surface area (Å²) in [6.45, 7) is 7.33. The van der Waals surface area contributed by atoms with E-state index >= 15 is 0 Å². The van der Waals surface area contributed by atoms with Crippen LogP contribution in [0, 0.1) is 5.41 Å². The molecule has 4 nitrogen and oxygen atoms in total. The maximum Gasteiger partial charge on any atom is 0.240 e. The normalized spacial score (nSPS) is 17.2. The van der Waals surface area contributed by atoms with E-state index in [1.54, 1.807) is 6.20 Å². The van der Waals surface area contributed by atoms with Crippen LogP contribution in [0.5, 0.6) is 0 Å². The minimum atomic E-state index is -0.448. The van der Waals surface area contributed by atoms with Gasteiger partial charge in [-0.15, -0.1) is 0 Å². The molecular formula is C14H21N3O. The van der Waals surface area contributed by atoms with Crippen LogP contribution in [-0.2, 0) is 17.8 Å². The lowest BCUT2D eigenvalue weighted by atomic mass is 9.86. The van der Waals surface area contributed by atoms with Gasteiger partial charge in [-0.3, -0.25) is 9.78 Å². The largest absolute Gasteiger partial charge is 0.337 e. The Hall–Kier alpha value is -1.42. The van der Waals surface area contributed by atoms with Gasteiger partial charge in [0.25, 0.3) is 0 Å². The lowest BCUT2D eigenvalue weighted by Gasteiger charge is -2.34. The van der Waals surface area contributed by atoms with Gasteiger partial charge in [0, 0.05) is 31.4 Å². The molecular weight excluding hydrogens is 226 g/mol. The van der Waals surface area contributed by atoms with Crippen LogP contribution in [0.25, 0.3) is 0 Å². The Labute approximate surface area is 108 Å². The van der Waals surface area contributed by atoms with Gasteiger partial charge in [0.05, 0.1) is 6.04 Å². The van der Waals surface area contributed by atoms with E-state index in [2.05, 4.69) is 4.98 Å². The van der Waals surface area contributed by atoms with Crippen molar-refractivity contribution in [3.63, 3.8) is 0 Å². The monoisotopic (exact) mass is 247 g/mol. The molecule has 4 heteroatoms. The third-order valence-electron chi connectivity index (χ3n) is 3.47. The predicted octanol–water partition coefficient (Wildman–Crippen LogP) is 1.34. The first kappa shape index (κ1) is 13.0. The quantitative estimate of drug-likeness (QED) is 0.814. The molecule has 18 heavy (non-hydrogen) atoms. The number of pyridine rings is 1. The van der Waals surface area contributed by atoms with Crippen LogP contribution in [0.3, 0.4) is 0 Å². The summed E-state index contributed by atoms with van der Waals surface area (Å²) < 4.78 is 0. The number of aromatic nitrogens is 1. The summed E-state index contributed by atoms with van der Waals surface area (Å²) in [5.41, 5.74) is 8.08. The Bertz CT molecular complexity index is 451. The van der Waals surface area contributed by atoms with Gasteiger partial charge in [0.1, 0.15) is 0 Å². The molecule has 2 N–H and O–H groups in total. The number of nitrogens with two attached hydrogens (primary N) is 1. The molecule has 0 bridgehead atoms. The number of carbonyl (C=O) groups is 1. The summed E-state index contributed by atoms with van der Waals surface area (Å²) in [6.07, 6.45) is 2.62. The first-order valence-corrected chi connectivity index (χ1v) is 6.37. The summed E-state index contributed by atoms with van der Waals surface area (Å²) in [6, 6.07) is 3.50. The molecule has 0 radical (unpaired) electrons. The van der Waals surface area contributed by atoms with Crippen molar-refractivity contribution in [1.29, 1.82) is 0 Å². The number of hydrogen-bond donors (Lipinski definition) is 1. The molecule has 1 atom stereocenters. The van der Waals surface area contributed by atoms with Gasteiger partial charge in [-0.25, -0.2) is 0 Å². The molecule has 0 saturated carbocycles. The van der Waals surface area contributed by atoms with E-state index in [9.17, 15) is 4.79 Å². The minimum Gasteiger partial charge on any atom is -0.337 e. The van der Waals surface area contributed by atoms with E-state index < -0.39 is 6.04 Å². The highest BCUT2D eigenvalue weighted by Crippen LogP contribution is 2.22. The van der Waals surface area contributed by atoms with E-state index in [0.29, 0.717) is 13.1 Å². The second-order valence-corrected chi connectivity index (χ2v) is 5.96. The van der Waals surface area contributed by atoms with Crippen molar-refractivity contribution < 1.29 is 4.79 Å². The Kier molecular flexibility index (Phi) is 3.39. The zero-order valence-corrected chi connectivity index (χ0v) is 11.3. The average molecular weight is 247 g/mol. The summed E-state index contributed by atoms with van der Waals surface area (Å²) in [4.78, 5) is 18.5. The lowest BCUT2D eigenvalue weighted by molar-refractivity contribution is -0.135. The maximum absolute atomic E-state index is 12.3. The van der Waals surface area contributed by atoms with Crippen LogP contribution in [-0.4, -0.2) is 28.4 Å². The van der Waals surface area contributed by atoms with Crippen LogP contribution in [0.15, 0.2) is 18.3 Å². The predicted molar refractivity (Wildman–Crippen MR) is 70.8 cm³/mol. The fourth-order valence-electron chi connectivity index (χ4n) is 2.12.